The molecule has 0 aliphatic carbocycles. The lowest BCUT2D eigenvalue weighted by Crippen LogP contribution is -2.37. The van der Waals surface area contributed by atoms with Gasteiger partial charge in [0.15, 0.2) is 6.29 Å². The summed E-state index contributed by atoms with van der Waals surface area (Å²) in [4.78, 5) is 9.29. The minimum absolute atomic E-state index is 0.0485. The Bertz CT molecular complexity index is 1430. The van der Waals surface area contributed by atoms with Crippen LogP contribution in [0.15, 0.2) is 60.7 Å². The van der Waals surface area contributed by atoms with Crippen LogP contribution in [0.2, 0.25) is 0 Å². The average Bonchev–Trinajstić information content (AvgIpc) is 2.95. The molecule has 1 unspecified atom stereocenters. The standard InChI is InChI=1S/C31H38FN3O5S/c1-6-38-28-19-26(39-20-22-10-8-7-9-11-22)18-25(40-28)16-17-27-29(21(2)3)33-31(35(4)41(5,36)37)34-30(27)23-12-14-24(32)15-13-23/h7-17,21,25-26,28H,6,18-20H2,1-5H3/b17-16+/t25-,26-,28?/m1/s1. The first-order chi connectivity index (χ1) is 19.5. The van der Waals surface area contributed by atoms with Crippen LogP contribution in [0.1, 0.15) is 56.4 Å². The molecule has 220 valence electrons. The Morgan fingerprint density at radius 1 is 1.07 bits per heavy atom. The zero-order valence-corrected chi connectivity index (χ0v) is 25.0. The number of hydrogen-bond acceptors (Lipinski definition) is 7. The van der Waals surface area contributed by atoms with Gasteiger partial charge in [0, 0.05) is 37.6 Å². The maximum absolute atomic E-state index is 13.8. The van der Waals surface area contributed by atoms with E-state index in [4.69, 9.17) is 14.2 Å². The Balaban J connectivity index is 1.69. The molecule has 0 saturated carbocycles. The van der Waals surface area contributed by atoms with E-state index in [9.17, 15) is 12.8 Å². The van der Waals surface area contributed by atoms with Crippen LogP contribution < -0.4 is 4.31 Å². The predicted molar refractivity (Wildman–Crippen MR) is 158 cm³/mol. The van der Waals surface area contributed by atoms with E-state index in [0.717, 1.165) is 16.1 Å². The van der Waals surface area contributed by atoms with Crippen molar-refractivity contribution < 1.29 is 27.0 Å². The highest BCUT2D eigenvalue weighted by Gasteiger charge is 2.30. The van der Waals surface area contributed by atoms with Gasteiger partial charge in [0.2, 0.25) is 16.0 Å². The number of ether oxygens (including phenoxy) is 3. The molecule has 4 rings (SSSR count). The molecule has 1 aliphatic heterocycles. The Labute approximate surface area is 242 Å². The van der Waals surface area contributed by atoms with Crippen molar-refractivity contribution in [3.63, 3.8) is 0 Å². The summed E-state index contributed by atoms with van der Waals surface area (Å²) in [6.07, 6.45) is 5.42. The summed E-state index contributed by atoms with van der Waals surface area (Å²) in [5.74, 6) is -0.391. The monoisotopic (exact) mass is 583 g/mol. The molecule has 0 radical (unpaired) electrons. The van der Waals surface area contributed by atoms with Crippen LogP contribution in [0.25, 0.3) is 17.3 Å². The molecule has 1 aromatic heterocycles. The van der Waals surface area contributed by atoms with Gasteiger partial charge < -0.3 is 14.2 Å². The van der Waals surface area contributed by atoms with Crippen molar-refractivity contribution in [2.75, 3.05) is 24.2 Å². The second-order valence-electron chi connectivity index (χ2n) is 10.4. The third-order valence-corrected chi connectivity index (χ3v) is 8.00. The fourth-order valence-corrected chi connectivity index (χ4v) is 5.00. The SMILES string of the molecule is CCOC1C[C@H](OCc2ccccc2)C[C@@H](/C=C/c2c(-c3ccc(F)cc3)nc(N(C)S(C)(=O)=O)nc2C(C)C)O1. The first kappa shape index (κ1) is 30.8. The Hall–Kier alpha value is -3.18. The number of benzene rings is 2. The van der Waals surface area contributed by atoms with Gasteiger partial charge in [-0.05, 0) is 42.7 Å². The Morgan fingerprint density at radius 2 is 1.78 bits per heavy atom. The highest BCUT2D eigenvalue weighted by molar-refractivity contribution is 7.92. The number of halogens is 1. The maximum atomic E-state index is 13.8. The molecule has 3 aromatic rings. The van der Waals surface area contributed by atoms with E-state index >= 15 is 0 Å². The second kappa shape index (κ2) is 13.7. The Morgan fingerprint density at radius 3 is 2.41 bits per heavy atom. The van der Waals surface area contributed by atoms with Gasteiger partial charge in [0.1, 0.15) is 5.82 Å². The van der Waals surface area contributed by atoms with Crippen molar-refractivity contribution >= 4 is 22.0 Å². The number of sulfonamides is 1. The van der Waals surface area contributed by atoms with Gasteiger partial charge in [-0.25, -0.2) is 27.1 Å². The van der Waals surface area contributed by atoms with Crippen molar-refractivity contribution in [1.29, 1.82) is 0 Å². The van der Waals surface area contributed by atoms with E-state index in [0.29, 0.717) is 48.6 Å². The lowest BCUT2D eigenvalue weighted by atomic mass is 9.96. The molecular formula is C31H38FN3O5S. The predicted octanol–water partition coefficient (Wildman–Crippen LogP) is 5.94. The van der Waals surface area contributed by atoms with Crippen LogP contribution in [0.5, 0.6) is 0 Å². The number of anilines is 1. The van der Waals surface area contributed by atoms with E-state index in [2.05, 4.69) is 9.97 Å². The first-order valence-electron chi connectivity index (χ1n) is 13.8. The van der Waals surface area contributed by atoms with Gasteiger partial charge in [-0.3, -0.25) is 0 Å². The lowest BCUT2D eigenvalue weighted by Gasteiger charge is -2.34. The summed E-state index contributed by atoms with van der Waals surface area (Å²) in [5.41, 5.74) is 3.61. The summed E-state index contributed by atoms with van der Waals surface area (Å²) in [6.45, 7) is 6.90. The van der Waals surface area contributed by atoms with E-state index in [1.54, 1.807) is 12.1 Å². The third-order valence-electron chi connectivity index (χ3n) is 6.84. The third kappa shape index (κ3) is 8.19. The maximum Gasteiger partial charge on any atom is 0.239 e. The molecule has 41 heavy (non-hydrogen) atoms. The topological polar surface area (TPSA) is 90.9 Å². The van der Waals surface area contributed by atoms with Crippen molar-refractivity contribution in [3.8, 4) is 11.3 Å². The number of hydrogen-bond donors (Lipinski definition) is 0. The Kier molecular flexibility index (Phi) is 10.2. The quantitative estimate of drug-likeness (QED) is 0.276. The molecule has 0 bridgehead atoms. The van der Waals surface area contributed by atoms with Crippen LogP contribution in [0.3, 0.4) is 0 Å². The first-order valence-corrected chi connectivity index (χ1v) is 15.6. The number of nitrogens with zero attached hydrogens (tertiary/aromatic N) is 3. The smallest absolute Gasteiger partial charge is 0.239 e. The summed E-state index contributed by atoms with van der Waals surface area (Å²) >= 11 is 0. The molecule has 1 fully saturated rings. The minimum Gasteiger partial charge on any atom is -0.373 e. The highest BCUT2D eigenvalue weighted by atomic mass is 32.2. The zero-order valence-electron chi connectivity index (χ0n) is 24.2. The summed E-state index contributed by atoms with van der Waals surface area (Å²) < 4.78 is 57.8. The molecule has 1 saturated heterocycles. The summed E-state index contributed by atoms with van der Waals surface area (Å²) in [5, 5.41) is 0. The molecule has 3 atom stereocenters. The summed E-state index contributed by atoms with van der Waals surface area (Å²) in [7, 11) is -2.19. The number of rotatable bonds is 11. The van der Waals surface area contributed by atoms with Gasteiger partial charge in [0.25, 0.3) is 0 Å². The molecule has 1 aliphatic rings. The van der Waals surface area contributed by atoms with Crippen LogP contribution >= 0.6 is 0 Å². The minimum atomic E-state index is -3.61. The second-order valence-corrected chi connectivity index (χ2v) is 12.4. The van der Waals surface area contributed by atoms with Gasteiger partial charge in [-0.15, -0.1) is 0 Å². The molecule has 8 nitrogen and oxygen atoms in total. The molecule has 0 amide bonds. The van der Waals surface area contributed by atoms with Gasteiger partial charge >= 0.3 is 0 Å². The fraction of sp³-hybridized carbons (Fsp3) is 0.419. The zero-order chi connectivity index (χ0) is 29.6. The van der Waals surface area contributed by atoms with E-state index < -0.39 is 16.3 Å². The van der Waals surface area contributed by atoms with Gasteiger partial charge in [-0.2, -0.15) is 0 Å². The van der Waals surface area contributed by atoms with Gasteiger partial charge in [0.05, 0.1) is 36.5 Å². The largest absolute Gasteiger partial charge is 0.373 e. The van der Waals surface area contributed by atoms with Crippen LogP contribution in [0, 0.1) is 5.82 Å². The van der Waals surface area contributed by atoms with Crippen molar-refractivity contribution in [2.45, 2.75) is 64.6 Å². The fourth-order valence-electron chi connectivity index (χ4n) is 4.62. The van der Waals surface area contributed by atoms with Crippen molar-refractivity contribution in [3.05, 3.63) is 83.3 Å². The molecule has 10 heteroatoms. The van der Waals surface area contributed by atoms with E-state index in [1.807, 2.05) is 63.3 Å². The molecule has 2 aromatic carbocycles. The van der Waals surface area contributed by atoms with Crippen molar-refractivity contribution in [1.82, 2.24) is 9.97 Å². The van der Waals surface area contributed by atoms with E-state index in [1.165, 1.54) is 19.2 Å². The highest BCUT2D eigenvalue weighted by Crippen LogP contribution is 2.33. The molecular weight excluding hydrogens is 545 g/mol. The number of aromatic nitrogens is 2. The van der Waals surface area contributed by atoms with Gasteiger partial charge in [-0.1, -0.05) is 56.3 Å². The normalized spacial score (nSPS) is 19.6. The lowest BCUT2D eigenvalue weighted by molar-refractivity contribution is -0.210. The molecule has 0 N–H and O–H groups in total. The average molecular weight is 584 g/mol. The molecule has 2 heterocycles. The summed E-state index contributed by atoms with van der Waals surface area (Å²) in [6, 6.07) is 16.0. The van der Waals surface area contributed by atoms with Crippen molar-refractivity contribution in [2.24, 2.45) is 0 Å². The van der Waals surface area contributed by atoms with Crippen LogP contribution in [0.4, 0.5) is 10.3 Å². The van der Waals surface area contributed by atoms with Crippen LogP contribution in [-0.2, 0) is 30.8 Å². The van der Waals surface area contributed by atoms with E-state index in [-0.39, 0.29) is 29.9 Å². The van der Waals surface area contributed by atoms with Crippen LogP contribution in [-0.4, -0.2) is 56.8 Å². The molecule has 0 spiro atoms.